The molecule has 0 amide bonds. The number of unbranched alkanes of at least 4 members (excludes halogenated alkanes) is 1. The number of rotatable bonds is 7. The summed E-state index contributed by atoms with van der Waals surface area (Å²) in [5, 5.41) is 0. The molecule has 0 aliphatic carbocycles. The van der Waals surface area contributed by atoms with E-state index in [1.165, 1.54) is 0 Å². The van der Waals surface area contributed by atoms with Crippen molar-refractivity contribution < 1.29 is 14.3 Å². The average molecular weight is 230 g/mol. The van der Waals surface area contributed by atoms with Crippen molar-refractivity contribution in [3.05, 3.63) is 0 Å². The first-order valence-electron chi connectivity index (χ1n) is 6.12. The van der Waals surface area contributed by atoms with Gasteiger partial charge in [-0.3, -0.25) is 4.79 Å². The van der Waals surface area contributed by atoms with Crippen molar-refractivity contribution in [2.24, 2.45) is 5.92 Å². The van der Waals surface area contributed by atoms with Crippen LogP contribution >= 0.6 is 0 Å². The molecule has 0 saturated heterocycles. The maximum atomic E-state index is 11.9. The fraction of sp³-hybridized carbons (Fsp3) is 0.923. The number of hydrogen-bond donors (Lipinski definition) is 0. The molecule has 0 fully saturated rings. The molecule has 96 valence electrons. The summed E-state index contributed by atoms with van der Waals surface area (Å²) in [5.74, 6) is -0.0999. The smallest absolute Gasteiger partial charge is 0.309 e. The van der Waals surface area contributed by atoms with E-state index in [0.717, 1.165) is 25.7 Å². The minimum Gasteiger partial charge on any atom is -0.460 e. The van der Waals surface area contributed by atoms with E-state index in [9.17, 15) is 4.79 Å². The number of methoxy groups -OCH3 is 1. The molecule has 1 atom stereocenters. The van der Waals surface area contributed by atoms with Gasteiger partial charge in [0.05, 0.1) is 5.92 Å². The number of hydrogen-bond acceptors (Lipinski definition) is 3. The average Bonchev–Trinajstić information content (AvgIpc) is 2.15. The second-order valence-corrected chi connectivity index (χ2v) is 5.15. The Balaban J connectivity index is 4.19. The van der Waals surface area contributed by atoms with Gasteiger partial charge in [0, 0.05) is 13.7 Å². The second kappa shape index (κ2) is 7.66. The highest BCUT2D eigenvalue weighted by Crippen LogP contribution is 2.18. The van der Waals surface area contributed by atoms with Crippen molar-refractivity contribution in [3.8, 4) is 0 Å². The SMILES string of the molecule is CCCCC(CCOC)C(=O)OC(C)(C)C. The first-order valence-corrected chi connectivity index (χ1v) is 6.12. The molecule has 0 N–H and O–H groups in total. The molecule has 16 heavy (non-hydrogen) atoms. The third kappa shape index (κ3) is 7.69. The Bertz CT molecular complexity index is 186. The lowest BCUT2D eigenvalue weighted by Gasteiger charge is -2.23. The largest absolute Gasteiger partial charge is 0.460 e. The number of carbonyl (C=O) groups excluding carboxylic acids is 1. The predicted octanol–water partition coefficient (Wildman–Crippen LogP) is 3.17. The molecule has 0 spiro atoms. The van der Waals surface area contributed by atoms with E-state index in [1.54, 1.807) is 7.11 Å². The van der Waals surface area contributed by atoms with Crippen LogP contribution < -0.4 is 0 Å². The molecule has 0 aromatic carbocycles. The quantitative estimate of drug-likeness (QED) is 0.630. The number of esters is 1. The van der Waals surface area contributed by atoms with Gasteiger partial charge in [-0.15, -0.1) is 0 Å². The van der Waals surface area contributed by atoms with Gasteiger partial charge in [-0.05, 0) is 33.6 Å². The molecule has 0 aliphatic rings. The van der Waals surface area contributed by atoms with Crippen LogP contribution in [0.15, 0.2) is 0 Å². The summed E-state index contributed by atoms with van der Waals surface area (Å²) in [7, 11) is 1.66. The van der Waals surface area contributed by atoms with Gasteiger partial charge >= 0.3 is 5.97 Å². The fourth-order valence-corrected chi connectivity index (χ4v) is 1.48. The summed E-state index contributed by atoms with van der Waals surface area (Å²) >= 11 is 0. The Labute approximate surface area is 99.5 Å². The van der Waals surface area contributed by atoms with E-state index < -0.39 is 5.60 Å². The third-order valence-electron chi connectivity index (χ3n) is 2.32. The Hall–Kier alpha value is -0.570. The van der Waals surface area contributed by atoms with Crippen LogP contribution in [-0.4, -0.2) is 25.3 Å². The van der Waals surface area contributed by atoms with Crippen LogP contribution in [-0.2, 0) is 14.3 Å². The highest BCUT2D eigenvalue weighted by Gasteiger charge is 2.24. The molecule has 0 radical (unpaired) electrons. The van der Waals surface area contributed by atoms with E-state index in [-0.39, 0.29) is 11.9 Å². The highest BCUT2D eigenvalue weighted by molar-refractivity contribution is 5.72. The molecule has 0 bridgehead atoms. The lowest BCUT2D eigenvalue weighted by molar-refractivity contribution is -0.160. The maximum absolute atomic E-state index is 11.9. The summed E-state index contributed by atoms with van der Waals surface area (Å²) in [6, 6.07) is 0. The second-order valence-electron chi connectivity index (χ2n) is 5.15. The molecular formula is C13H26O3. The Morgan fingerprint density at radius 1 is 1.25 bits per heavy atom. The molecule has 0 saturated carbocycles. The molecular weight excluding hydrogens is 204 g/mol. The molecule has 0 heterocycles. The van der Waals surface area contributed by atoms with E-state index >= 15 is 0 Å². The van der Waals surface area contributed by atoms with E-state index in [4.69, 9.17) is 9.47 Å². The van der Waals surface area contributed by atoms with Gasteiger partial charge in [0.25, 0.3) is 0 Å². The van der Waals surface area contributed by atoms with Crippen molar-refractivity contribution in [2.45, 2.75) is 59.0 Å². The molecule has 1 unspecified atom stereocenters. The Morgan fingerprint density at radius 2 is 1.88 bits per heavy atom. The van der Waals surface area contributed by atoms with Gasteiger partial charge in [-0.2, -0.15) is 0 Å². The van der Waals surface area contributed by atoms with Crippen LogP contribution in [0.2, 0.25) is 0 Å². The molecule has 0 rings (SSSR count). The highest BCUT2D eigenvalue weighted by atomic mass is 16.6. The lowest BCUT2D eigenvalue weighted by Crippen LogP contribution is -2.29. The standard InChI is InChI=1S/C13H26O3/c1-6-7-8-11(9-10-15-5)12(14)16-13(2,3)4/h11H,6-10H2,1-5H3. The maximum Gasteiger partial charge on any atom is 0.309 e. The molecule has 0 aliphatic heterocycles. The molecule has 0 aromatic rings. The van der Waals surface area contributed by atoms with Crippen molar-refractivity contribution in [3.63, 3.8) is 0 Å². The topological polar surface area (TPSA) is 35.5 Å². The Kier molecular flexibility index (Phi) is 7.39. The van der Waals surface area contributed by atoms with Crippen molar-refractivity contribution in [2.75, 3.05) is 13.7 Å². The van der Waals surface area contributed by atoms with Crippen molar-refractivity contribution in [1.82, 2.24) is 0 Å². The normalized spacial score (nSPS) is 13.6. The van der Waals surface area contributed by atoms with Crippen LogP contribution in [0.1, 0.15) is 53.4 Å². The van der Waals surface area contributed by atoms with E-state index in [2.05, 4.69) is 6.92 Å². The zero-order chi connectivity index (χ0) is 12.6. The number of ether oxygens (including phenoxy) is 2. The monoisotopic (exact) mass is 230 g/mol. The van der Waals surface area contributed by atoms with Crippen LogP contribution in [0, 0.1) is 5.92 Å². The summed E-state index contributed by atoms with van der Waals surface area (Å²) in [6.45, 7) is 8.45. The lowest BCUT2D eigenvalue weighted by atomic mass is 9.98. The summed E-state index contributed by atoms with van der Waals surface area (Å²) in [6.07, 6.45) is 3.82. The minimum atomic E-state index is -0.394. The van der Waals surface area contributed by atoms with E-state index in [1.807, 2.05) is 20.8 Å². The van der Waals surface area contributed by atoms with Gasteiger partial charge < -0.3 is 9.47 Å². The van der Waals surface area contributed by atoms with Gasteiger partial charge in [-0.25, -0.2) is 0 Å². The zero-order valence-corrected chi connectivity index (χ0v) is 11.3. The van der Waals surface area contributed by atoms with E-state index in [0.29, 0.717) is 6.61 Å². The van der Waals surface area contributed by atoms with Gasteiger partial charge in [0.2, 0.25) is 0 Å². The predicted molar refractivity (Wildman–Crippen MR) is 65.4 cm³/mol. The van der Waals surface area contributed by atoms with Crippen LogP contribution in [0.3, 0.4) is 0 Å². The summed E-state index contributed by atoms with van der Waals surface area (Å²) in [4.78, 5) is 11.9. The molecule has 3 heteroatoms. The van der Waals surface area contributed by atoms with Gasteiger partial charge in [0.1, 0.15) is 5.60 Å². The first kappa shape index (κ1) is 15.4. The fourth-order valence-electron chi connectivity index (χ4n) is 1.48. The minimum absolute atomic E-state index is 0.0147. The van der Waals surface area contributed by atoms with Gasteiger partial charge in [0.15, 0.2) is 0 Å². The van der Waals surface area contributed by atoms with Crippen molar-refractivity contribution >= 4 is 5.97 Å². The third-order valence-corrected chi connectivity index (χ3v) is 2.32. The number of carbonyl (C=O) groups is 1. The summed E-state index contributed by atoms with van der Waals surface area (Å²) < 4.78 is 10.4. The Morgan fingerprint density at radius 3 is 2.31 bits per heavy atom. The molecule has 3 nitrogen and oxygen atoms in total. The van der Waals surface area contributed by atoms with Crippen LogP contribution in [0.5, 0.6) is 0 Å². The molecule has 0 aromatic heterocycles. The van der Waals surface area contributed by atoms with Gasteiger partial charge in [-0.1, -0.05) is 19.8 Å². The first-order chi connectivity index (χ1) is 7.40. The van der Waals surface area contributed by atoms with Crippen LogP contribution in [0.25, 0.3) is 0 Å². The summed E-state index contributed by atoms with van der Waals surface area (Å²) in [5.41, 5.74) is -0.394. The van der Waals surface area contributed by atoms with Crippen molar-refractivity contribution in [1.29, 1.82) is 0 Å². The van der Waals surface area contributed by atoms with Crippen LogP contribution in [0.4, 0.5) is 0 Å². The zero-order valence-electron chi connectivity index (χ0n) is 11.3.